The molecule has 1 N–H and O–H groups in total. The van der Waals surface area contributed by atoms with E-state index in [4.69, 9.17) is 10.7 Å². The number of carbonyl (C=O) groups excluding carboxylic acids is 1. The summed E-state index contributed by atoms with van der Waals surface area (Å²) >= 11 is 2.68. The van der Waals surface area contributed by atoms with Crippen LogP contribution in [0.4, 0.5) is 13.2 Å². The van der Waals surface area contributed by atoms with Crippen molar-refractivity contribution in [2.45, 2.75) is 11.1 Å². The highest BCUT2D eigenvalue weighted by atomic mass is 79.9. The molecule has 0 aliphatic rings. The summed E-state index contributed by atoms with van der Waals surface area (Å²) in [6.45, 7) is -1.56. The number of alkyl halides is 3. The second kappa shape index (κ2) is 5.10. The molecule has 1 rings (SSSR count). The Morgan fingerprint density at radius 1 is 1.50 bits per heavy atom. The molecule has 0 bridgehead atoms. The van der Waals surface area contributed by atoms with Crippen molar-refractivity contribution < 1.29 is 30.8 Å². The van der Waals surface area contributed by atoms with Crippen LogP contribution in [0.25, 0.3) is 0 Å². The lowest BCUT2D eigenvalue weighted by Gasteiger charge is -2.06. The van der Waals surface area contributed by atoms with E-state index in [0.717, 1.165) is 6.07 Å². The molecule has 1 aromatic rings. The number of rotatable bonds is 3. The summed E-state index contributed by atoms with van der Waals surface area (Å²) in [6.07, 6.45) is -4.58. The number of amides is 1. The summed E-state index contributed by atoms with van der Waals surface area (Å²) in [6, 6.07) is 0.720. The van der Waals surface area contributed by atoms with E-state index in [9.17, 15) is 26.4 Å². The lowest BCUT2D eigenvalue weighted by molar-refractivity contribution is -0.123. The van der Waals surface area contributed by atoms with E-state index >= 15 is 0 Å². The molecule has 0 atom stereocenters. The summed E-state index contributed by atoms with van der Waals surface area (Å²) in [5.41, 5.74) is 0. The first kappa shape index (κ1) is 15.3. The molecule has 0 radical (unpaired) electrons. The number of halogens is 5. The lowest BCUT2D eigenvalue weighted by Crippen LogP contribution is -2.33. The van der Waals surface area contributed by atoms with Crippen LogP contribution in [0, 0.1) is 0 Å². The molecular formula is C7H4BrClF3NO4S. The Morgan fingerprint density at radius 2 is 2.06 bits per heavy atom. The van der Waals surface area contributed by atoms with Crippen molar-refractivity contribution in [3.05, 3.63) is 16.5 Å². The highest BCUT2D eigenvalue weighted by Crippen LogP contribution is 2.28. The average molecular weight is 371 g/mol. The topological polar surface area (TPSA) is 76.4 Å². The van der Waals surface area contributed by atoms with Crippen molar-refractivity contribution in [1.29, 1.82) is 0 Å². The highest BCUT2D eigenvalue weighted by molar-refractivity contribution is 9.10. The standard InChI is InChI=1S/C7H4BrClF3NO4S/c8-5-4(18(9,15)16)1-3(17-5)6(14)13-2-7(10,11)12/h1H,2H2,(H,13,14). The maximum atomic E-state index is 11.8. The van der Waals surface area contributed by atoms with E-state index < -0.39 is 38.3 Å². The largest absolute Gasteiger partial charge is 0.443 e. The predicted octanol–water partition coefficient (Wildman–Crippen LogP) is 2.26. The van der Waals surface area contributed by atoms with E-state index in [1.54, 1.807) is 0 Å². The van der Waals surface area contributed by atoms with Gasteiger partial charge in [0.2, 0.25) is 0 Å². The summed E-state index contributed by atoms with van der Waals surface area (Å²) in [7, 11) is 0.842. The SMILES string of the molecule is O=C(NCC(F)(F)F)c1cc(S(=O)(=O)Cl)c(Br)o1. The van der Waals surface area contributed by atoms with Gasteiger partial charge in [-0.1, -0.05) is 0 Å². The van der Waals surface area contributed by atoms with E-state index in [1.807, 2.05) is 0 Å². The van der Waals surface area contributed by atoms with Gasteiger partial charge in [0, 0.05) is 16.7 Å². The van der Waals surface area contributed by atoms with Gasteiger partial charge in [-0.25, -0.2) is 8.42 Å². The zero-order valence-corrected chi connectivity index (χ0v) is 11.4. The molecule has 0 aliphatic heterocycles. The zero-order chi connectivity index (χ0) is 14.1. The second-order valence-electron chi connectivity index (χ2n) is 2.98. The normalized spacial score (nSPS) is 12.5. The first-order valence-corrected chi connectivity index (χ1v) is 7.20. The molecule has 1 amide bonds. The molecule has 102 valence electrons. The Balaban J connectivity index is 2.90. The van der Waals surface area contributed by atoms with Gasteiger partial charge in [-0.15, -0.1) is 0 Å². The smallest absolute Gasteiger partial charge is 0.405 e. The van der Waals surface area contributed by atoms with Gasteiger partial charge in [0.25, 0.3) is 15.0 Å². The monoisotopic (exact) mass is 369 g/mol. The molecule has 0 saturated heterocycles. The number of nitrogens with one attached hydrogen (secondary N) is 1. The lowest BCUT2D eigenvalue weighted by atomic mass is 10.4. The molecule has 5 nitrogen and oxygen atoms in total. The first-order chi connectivity index (χ1) is 8.00. The summed E-state index contributed by atoms with van der Waals surface area (Å²) in [5, 5.41) is 1.51. The van der Waals surface area contributed by atoms with Crippen LogP contribution in [0.1, 0.15) is 10.6 Å². The fourth-order valence-electron chi connectivity index (χ4n) is 0.898. The molecule has 1 aromatic heterocycles. The highest BCUT2D eigenvalue weighted by Gasteiger charge is 2.29. The van der Waals surface area contributed by atoms with Gasteiger partial charge < -0.3 is 9.73 Å². The average Bonchev–Trinajstić information content (AvgIpc) is 2.55. The molecule has 0 aromatic carbocycles. The summed E-state index contributed by atoms with van der Waals surface area (Å²) in [4.78, 5) is 10.7. The Labute approximate surface area is 112 Å². The second-order valence-corrected chi connectivity index (χ2v) is 6.24. The van der Waals surface area contributed by atoms with Crippen molar-refractivity contribution >= 4 is 41.6 Å². The number of hydrogen-bond donors (Lipinski definition) is 1. The van der Waals surface area contributed by atoms with Crippen LogP contribution in [0.15, 0.2) is 20.0 Å². The summed E-state index contributed by atoms with van der Waals surface area (Å²) in [5.74, 6) is -1.81. The third-order valence-corrected chi connectivity index (χ3v) is 3.77. The minimum absolute atomic E-state index is 0.366. The maximum absolute atomic E-state index is 11.8. The van der Waals surface area contributed by atoms with Crippen LogP contribution in [0.3, 0.4) is 0 Å². The zero-order valence-electron chi connectivity index (χ0n) is 8.22. The molecule has 11 heteroatoms. The molecule has 0 fully saturated rings. The van der Waals surface area contributed by atoms with Crippen molar-refractivity contribution in [3.63, 3.8) is 0 Å². The fourth-order valence-corrected chi connectivity index (χ4v) is 2.93. The van der Waals surface area contributed by atoms with Gasteiger partial charge in [-0.05, 0) is 15.9 Å². The quantitative estimate of drug-likeness (QED) is 0.828. The Kier molecular flexibility index (Phi) is 4.34. The first-order valence-electron chi connectivity index (χ1n) is 4.09. The molecule has 0 aliphatic carbocycles. The van der Waals surface area contributed by atoms with Gasteiger partial charge in [0.1, 0.15) is 11.4 Å². The molecule has 18 heavy (non-hydrogen) atoms. The van der Waals surface area contributed by atoms with Crippen LogP contribution >= 0.6 is 26.6 Å². The molecular weight excluding hydrogens is 366 g/mol. The van der Waals surface area contributed by atoms with Crippen molar-refractivity contribution in [2.75, 3.05) is 6.54 Å². The molecule has 0 spiro atoms. The van der Waals surface area contributed by atoms with Gasteiger partial charge in [-0.2, -0.15) is 13.2 Å². The minimum atomic E-state index is -4.58. The van der Waals surface area contributed by atoms with Crippen LogP contribution in [-0.4, -0.2) is 27.0 Å². The number of carbonyl (C=O) groups is 1. The van der Waals surface area contributed by atoms with Gasteiger partial charge in [0.05, 0.1) is 0 Å². The molecule has 1 heterocycles. The molecule has 0 unspecified atom stereocenters. The van der Waals surface area contributed by atoms with E-state index in [1.165, 1.54) is 5.32 Å². The van der Waals surface area contributed by atoms with Gasteiger partial charge in [0.15, 0.2) is 10.4 Å². The van der Waals surface area contributed by atoms with Crippen LogP contribution < -0.4 is 5.32 Å². The van der Waals surface area contributed by atoms with Crippen LogP contribution in [-0.2, 0) is 9.05 Å². The van der Waals surface area contributed by atoms with Gasteiger partial charge >= 0.3 is 6.18 Å². The fraction of sp³-hybridized carbons (Fsp3) is 0.286. The van der Waals surface area contributed by atoms with Crippen molar-refractivity contribution in [2.24, 2.45) is 0 Å². The Hall–Kier alpha value is -0.740. The van der Waals surface area contributed by atoms with E-state index in [0.29, 0.717) is 0 Å². The van der Waals surface area contributed by atoms with Crippen LogP contribution in [0.5, 0.6) is 0 Å². The number of hydrogen-bond acceptors (Lipinski definition) is 4. The third-order valence-electron chi connectivity index (χ3n) is 1.59. The van der Waals surface area contributed by atoms with Gasteiger partial charge in [-0.3, -0.25) is 4.79 Å². The Morgan fingerprint density at radius 3 is 2.44 bits per heavy atom. The number of furan rings is 1. The molecule has 0 saturated carbocycles. The van der Waals surface area contributed by atoms with Crippen molar-refractivity contribution in [3.8, 4) is 0 Å². The van der Waals surface area contributed by atoms with E-state index in [-0.39, 0.29) is 4.67 Å². The predicted molar refractivity (Wildman–Crippen MR) is 57.8 cm³/mol. The Bertz CT molecular complexity index is 568. The third kappa shape index (κ3) is 4.18. The summed E-state index contributed by atoms with van der Waals surface area (Å²) < 4.78 is 61.7. The van der Waals surface area contributed by atoms with Crippen LogP contribution in [0.2, 0.25) is 0 Å². The van der Waals surface area contributed by atoms with Crippen molar-refractivity contribution in [1.82, 2.24) is 5.32 Å². The minimum Gasteiger partial charge on any atom is -0.443 e. The van der Waals surface area contributed by atoms with E-state index in [2.05, 4.69) is 20.3 Å². The maximum Gasteiger partial charge on any atom is 0.405 e.